The third-order valence-corrected chi connectivity index (χ3v) is 19.2. The van der Waals surface area contributed by atoms with Crippen molar-refractivity contribution < 1.29 is 137 Å². The van der Waals surface area contributed by atoms with Crippen LogP contribution in [0.5, 0.6) is 17.2 Å². The molecule has 53 heteroatoms. The molecule has 0 aliphatic heterocycles. The van der Waals surface area contributed by atoms with E-state index in [1.165, 1.54) is 0 Å². The lowest BCUT2D eigenvalue weighted by Gasteiger charge is -2.15. The minimum atomic E-state index is -5.82. The molecule has 8 aromatic rings. The second-order valence-electron chi connectivity index (χ2n) is 18.6. The van der Waals surface area contributed by atoms with Crippen molar-refractivity contribution in [3.8, 4) is 22.9 Å². The Hall–Kier alpha value is -9.25. The second kappa shape index (κ2) is 28.7. The van der Waals surface area contributed by atoms with Crippen molar-refractivity contribution in [2.45, 2.75) is 40.7 Å². The van der Waals surface area contributed by atoms with Gasteiger partial charge in [0.25, 0.3) is 66.3 Å². The van der Waals surface area contributed by atoms with Crippen LogP contribution in [0.1, 0.15) is 16.9 Å². The molecular weight excluding hydrogens is 1510 g/mol. The van der Waals surface area contributed by atoms with E-state index in [0.717, 1.165) is 48.5 Å². The minimum Gasteiger partial charge on any atom is -0.505 e. The summed E-state index contributed by atoms with van der Waals surface area (Å²) in [6.07, 6.45) is -0.484. The number of carboxylic acid groups (broad SMARTS) is 1. The molecule has 8 rings (SSSR count). The number of nitrogen functional groups attached to an aromatic ring is 1. The Kier molecular flexibility index (Phi) is 21.8. The number of phenols is 2. The van der Waals surface area contributed by atoms with E-state index in [1.54, 1.807) is 0 Å². The summed E-state index contributed by atoms with van der Waals surface area (Å²) in [5.41, 5.74) is -5.84. The van der Waals surface area contributed by atoms with Crippen LogP contribution < -0.4 is 16.0 Å². The van der Waals surface area contributed by atoms with Gasteiger partial charge in [-0.25, -0.2) is 20.0 Å². The van der Waals surface area contributed by atoms with Gasteiger partial charge in [0.15, 0.2) is 22.9 Å². The van der Waals surface area contributed by atoms with Gasteiger partial charge in [-0.1, -0.05) is 21.7 Å². The number of rotatable bonds is 27. The number of carbonyl (C=O) groups is 1. The van der Waals surface area contributed by atoms with E-state index in [-0.39, 0.29) is 40.7 Å². The molecule has 1 heterocycles. The quantitative estimate of drug-likeness (QED) is 0.00333. The first-order valence-electron chi connectivity index (χ1n) is 24.8. The summed E-state index contributed by atoms with van der Waals surface area (Å²) >= 11 is 6.32. The number of nitro benzene ring substituents is 1. The summed E-state index contributed by atoms with van der Waals surface area (Å²) in [5.74, 6) is -6.26. The van der Waals surface area contributed by atoms with Crippen molar-refractivity contribution in [2.75, 3.05) is 18.1 Å². The maximum atomic E-state index is 13.4. The van der Waals surface area contributed by atoms with E-state index >= 15 is 0 Å². The molecule has 0 amide bonds. The Morgan fingerprint density at radius 1 is 0.612 bits per heavy atom. The third kappa shape index (κ3) is 16.6. The smallest absolute Gasteiger partial charge is 0.356 e. The number of azo groups is 4. The number of nitrogens with zero attached hydrogens (tertiary/aromatic N) is 10. The van der Waals surface area contributed by atoms with Crippen LogP contribution in [0.25, 0.3) is 27.2 Å². The van der Waals surface area contributed by atoms with Crippen LogP contribution in [0.3, 0.4) is 0 Å². The Labute approximate surface area is 556 Å². The number of carboxylic acids is 1. The van der Waals surface area contributed by atoms with E-state index in [2.05, 4.69) is 64.8 Å². The van der Waals surface area contributed by atoms with Crippen molar-refractivity contribution in [1.29, 1.82) is 0 Å². The third-order valence-electron chi connectivity index (χ3n) is 12.4. The van der Waals surface area contributed by atoms with Crippen LogP contribution in [0.2, 0.25) is 5.02 Å². The second-order valence-corrected chi connectivity index (χ2v) is 29.0. The number of halogens is 1. The summed E-state index contributed by atoms with van der Waals surface area (Å²) in [6, 6.07) is 9.00. The van der Waals surface area contributed by atoms with Crippen LogP contribution in [0, 0.1) is 10.1 Å². The van der Waals surface area contributed by atoms with Gasteiger partial charge in [-0.3, -0.25) is 47.3 Å². The average molecular weight is 1550 g/mol. The highest BCUT2D eigenvalue weighted by Gasteiger charge is 2.32. The fraction of sp³-hybridized carbons (Fsp3) is 0.0667. The lowest BCUT2D eigenvalue weighted by Crippen LogP contribution is -2.14. The zero-order valence-corrected chi connectivity index (χ0v) is 54.1. The van der Waals surface area contributed by atoms with Gasteiger partial charge in [-0.15, -0.1) is 49.6 Å². The van der Waals surface area contributed by atoms with Gasteiger partial charge in [-0.05, 0) is 79.2 Å². The van der Waals surface area contributed by atoms with Crippen molar-refractivity contribution in [3.05, 3.63) is 110 Å². The molecule has 7 aromatic carbocycles. The Morgan fingerprint density at radius 3 is 1.78 bits per heavy atom. The zero-order chi connectivity index (χ0) is 72.5. The molecule has 0 fully saturated rings. The molecule has 0 atom stereocenters. The topological polar surface area (TPSA) is 696 Å². The number of hydrogen-bond donors (Lipinski definition) is 13. The Bertz CT molecular complexity index is 5580. The largest absolute Gasteiger partial charge is 0.505 e. The maximum absolute atomic E-state index is 13.4. The first kappa shape index (κ1) is 74.5. The van der Waals surface area contributed by atoms with Crippen LogP contribution >= 0.6 is 35.7 Å². The number of aromatic carboxylic acids is 1. The van der Waals surface area contributed by atoms with Gasteiger partial charge in [-0.2, -0.15) is 50.5 Å². The van der Waals surface area contributed by atoms with E-state index in [1.807, 2.05) is 0 Å². The number of fused-ring (bicyclic) bond motifs is 2. The molecule has 0 saturated heterocycles. The molecule has 1 aromatic heterocycles. The van der Waals surface area contributed by atoms with Gasteiger partial charge < -0.3 is 25.8 Å². The summed E-state index contributed by atoms with van der Waals surface area (Å²) in [5, 5.41) is 97.7. The highest BCUT2D eigenvalue weighted by molar-refractivity contribution is 7.95. The number of aromatic hydroxyl groups is 2. The van der Waals surface area contributed by atoms with Crippen LogP contribution in [0.4, 0.5) is 56.9 Å². The van der Waals surface area contributed by atoms with Crippen molar-refractivity contribution in [1.82, 2.24) is 9.78 Å². The number of nitrogens with one attached hydrogen (secondary N) is 1. The summed E-state index contributed by atoms with van der Waals surface area (Å²) in [7, 11) is -31.9. The normalized spacial score (nSPS) is 12.9. The molecule has 44 nitrogen and oxygen atoms in total. The molecule has 0 saturated carbocycles. The molecular formula is C45H33ClN12O32S8. The monoisotopic (exact) mass is 1540 g/mol. The Balaban J connectivity index is 1.25. The zero-order valence-electron chi connectivity index (χ0n) is 46.8. The average Bonchev–Trinajstić information content (AvgIpc) is 0.917. The van der Waals surface area contributed by atoms with Gasteiger partial charge in [0.1, 0.15) is 59.4 Å². The predicted molar refractivity (Wildman–Crippen MR) is 327 cm³/mol. The van der Waals surface area contributed by atoms with E-state index in [4.69, 9.17) is 37.1 Å². The van der Waals surface area contributed by atoms with Gasteiger partial charge >= 0.3 is 11.7 Å². The van der Waals surface area contributed by atoms with Crippen LogP contribution in [-0.2, 0) is 79.5 Å². The highest BCUT2D eigenvalue weighted by Crippen LogP contribution is 2.52. The summed E-state index contributed by atoms with van der Waals surface area (Å²) < 4.78 is 224. The molecule has 0 aliphatic rings. The number of benzene rings is 7. The number of aromatic nitrogens is 2. The molecule has 0 unspecified atom stereocenters. The molecule has 0 bridgehead atoms. The number of phenolic OH excluding ortho intramolecular Hbond substituents is 2. The first-order chi connectivity index (χ1) is 45.5. The fourth-order valence-electron chi connectivity index (χ4n) is 8.42. The summed E-state index contributed by atoms with van der Waals surface area (Å²) in [4.78, 5) is 29.8. The van der Waals surface area contributed by atoms with Crippen molar-refractivity contribution in [2.24, 2.45) is 40.9 Å². The predicted octanol–water partition coefficient (Wildman–Crippen LogP) is 9.13. The number of nitro groups is 1. The SMILES string of the molecule is Nc1c(N=Nc2ccc3c(O)c(N=Nc4cc(N=Nc5c(C(=O)O)[nH]n(-c6ccc(S(=O)(=O)O)cc6)c5=O)c(S(=O)(=O)O)cc4Cl)c(S(=O)(=O)O)cc3c2S(=O)(=O)O)cc(S(=O)(=O)O)c2cc(SOOO)c(N=Nc3cc(SOOO)cc([N+](=O)[O-])c3OCCCS(=O)(=O)O)c(O)c12. The summed E-state index contributed by atoms with van der Waals surface area (Å²) in [6.45, 7) is -0.670. The van der Waals surface area contributed by atoms with Crippen LogP contribution in [-0.4, -0.2) is 137 Å². The molecule has 520 valence electrons. The first-order valence-corrected chi connectivity index (χ1v) is 35.4. The molecule has 0 spiro atoms. The maximum Gasteiger partial charge on any atom is 0.356 e. The van der Waals surface area contributed by atoms with Gasteiger partial charge in [0.2, 0.25) is 5.75 Å². The Morgan fingerprint density at radius 2 is 1.19 bits per heavy atom. The van der Waals surface area contributed by atoms with Crippen molar-refractivity contribution in [3.63, 3.8) is 0 Å². The van der Waals surface area contributed by atoms with Crippen LogP contribution in [0.15, 0.2) is 159 Å². The molecule has 0 radical (unpaired) electrons. The van der Waals surface area contributed by atoms with E-state index in [0.29, 0.717) is 28.9 Å². The van der Waals surface area contributed by atoms with Gasteiger partial charge in [0, 0.05) is 27.1 Å². The highest BCUT2D eigenvalue weighted by atomic mass is 35.5. The fourth-order valence-corrected chi connectivity index (χ4v) is 13.4. The number of H-pyrrole nitrogens is 1. The van der Waals surface area contributed by atoms with Gasteiger partial charge in [0.05, 0.1) is 72.9 Å². The number of anilines is 1. The van der Waals surface area contributed by atoms with E-state index in [9.17, 15) is 108 Å². The minimum absolute atomic E-state index is 0.0626. The molecule has 98 heavy (non-hydrogen) atoms. The number of hydrogen-bond acceptors (Lipinski definition) is 36. The molecule has 0 aliphatic carbocycles. The van der Waals surface area contributed by atoms with Crippen molar-refractivity contribution >= 4 is 181 Å². The number of ether oxygens (including phenoxy) is 1. The molecule has 14 N–H and O–H groups in total. The lowest BCUT2D eigenvalue weighted by atomic mass is 10.0. The lowest BCUT2D eigenvalue weighted by molar-refractivity contribution is -0.432. The number of aromatic amines is 1. The van der Waals surface area contributed by atoms with E-state index < -0.39 is 232 Å². The standard InChI is InChI=1S/C45H33ClN12O32S8/c46-23-14-32(96(77,78)79)26(50-55-38-39(45(62)63)56-57(44(38)61)17-2-4-19(5-3-17)94(71,72)73)15-25(23)49-54-37-33(97(80,81)82)13-21-20(40(37)59)6-7-24(43(21)98(83,84)85)48-51-27-16-31(95(74,75)76)22-12-30(92-90-88-67)36(41(60)34(22)35(27)47)53-52-28-10-18(91-89-87-66)11-29(58(64)65)42(28)86-8-1-9-93(68,69)70/h2-7,10-16,56,59-60,66-67H,1,8-9,47H2,(H,62,63)(H,68,69,70)(H,71,72,73)(H,74,75,76)(H,77,78,79)(H,80,81,82)(H,83,84,85). The number of nitrogens with two attached hydrogens (primary N) is 1.